The summed E-state index contributed by atoms with van der Waals surface area (Å²) in [7, 11) is 0. The molecule has 2 aromatic rings. The third-order valence-electron chi connectivity index (χ3n) is 2.66. The highest BCUT2D eigenvalue weighted by Crippen LogP contribution is 2.26. The molecule has 0 aliphatic rings. The van der Waals surface area contributed by atoms with Gasteiger partial charge in [-0.2, -0.15) is 0 Å². The van der Waals surface area contributed by atoms with Crippen LogP contribution in [0.3, 0.4) is 0 Å². The lowest BCUT2D eigenvalue weighted by molar-refractivity contribution is 0.426. The van der Waals surface area contributed by atoms with Gasteiger partial charge in [-0.05, 0) is 36.7 Å². The monoisotopic (exact) mass is 338 g/mol. The number of nitrogens with zero attached hydrogens (tertiary/aromatic N) is 1. The van der Waals surface area contributed by atoms with Crippen LogP contribution in [-0.4, -0.2) is 11.5 Å². The lowest BCUT2D eigenvalue weighted by Gasteiger charge is -2.07. The molecule has 0 unspecified atom stereocenters. The van der Waals surface area contributed by atoms with Crippen LogP contribution < -0.4 is 10.1 Å². The van der Waals surface area contributed by atoms with Crippen LogP contribution in [0.1, 0.15) is 18.9 Å². The van der Waals surface area contributed by atoms with Crippen molar-refractivity contribution in [2.45, 2.75) is 19.9 Å². The Morgan fingerprint density at radius 3 is 2.85 bits per heavy atom. The van der Waals surface area contributed by atoms with E-state index in [2.05, 4.69) is 33.2 Å². The number of rotatable bonds is 6. The average molecular weight is 339 g/mol. The fourth-order valence-electron chi connectivity index (χ4n) is 1.65. The summed E-state index contributed by atoms with van der Waals surface area (Å²) in [6.07, 6.45) is 2.82. The minimum Gasteiger partial charge on any atom is -0.436 e. The van der Waals surface area contributed by atoms with E-state index in [9.17, 15) is 4.39 Å². The fourth-order valence-corrected chi connectivity index (χ4v) is 1.99. The lowest BCUT2D eigenvalue weighted by Crippen LogP contribution is -2.13. The molecule has 1 heterocycles. The van der Waals surface area contributed by atoms with Crippen LogP contribution in [0.25, 0.3) is 0 Å². The largest absolute Gasteiger partial charge is 0.436 e. The van der Waals surface area contributed by atoms with Gasteiger partial charge in [0.05, 0.1) is 0 Å². The number of nitrogens with one attached hydrogen (secondary N) is 1. The lowest BCUT2D eigenvalue weighted by atomic mass is 10.3. The molecule has 0 aliphatic heterocycles. The van der Waals surface area contributed by atoms with Crippen molar-refractivity contribution in [1.29, 1.82) is 0 Å². The number of hydrogen-bond donors (Lipinski definition) is 1. The molecule has 1 aromatic carbocycles. The summed E-state index contributed by atoms with van der Waals surface area (Å²) in [4.78, 5) is 4.18. The molecule has 0 amide bonds. The number of pyridine rings is 1. The van der Waals surface area contributed by atoms with Crippen molar-refractivity contribution in [3.05, 3.63) is 52.4 Å². The molecule has 0 radical (unpaired) electrons. The molecule has 0 atom stereocenters. The van der Waals surface area contributed by atoms with E-state index in [1.54, 1.807) is 24.4 Å². The van der Waals surface area contributed by atoms with Crippen LogP contribution in [-0.2, 0) is 6.54 Å². The summed E-state index contributed by atoms with van der Waals surface area (Å²) in [5.74, 6) is 0.119. The third kappa shape index (κ3) is 4.28. The van der Waals surface area contributed by atoms with E-state index in [0.29, 0.717) is 5.88 Å². The number of aromatic nitrogens is 1. The van der Waals surface area contributed by atoms with Crippen molar-refractivity contribution >= 4 is 15.9 Å². The Hall–Kier alpha value is -1.46. The molecule has 0 bridgehead atoms. The Morgan fingerprint density at radius 2 is 2.15 bits per heavy atom. The second-order valence-corrected chi connectivity index (χ2v) is 5.27. The molecular weight excluding hydrogens is 323 g/mol. The molecule has 3 nitrogen and oxygen atoms in total. The van der Waals surface area contributed by atoms with Gasteiger partial charge in [0.15, 0.2) is 11.6 Å². The highest BCUT2D eigenvalue weighted by Gasteiger charge is 2.06. The maximum Gasteiger partial charge on any atom is 0.219 e. The molecule has 0 spiro atoms. The molecular formula is C15H16BrFN2O. The van der Waals surface area contributed by atoms with Gasteiger partial charge in [0.2, 0.25) is 5.88 Å². The van der Waals surface area contributed by atoms with Crippen molar-refractivity contribution < 1.29 is 9.13 Å². The first-order valence-corrected chi connectivity index (χ1v) is 7.27. The van der Waals surface area contributed by atoms with E-state index in [0.717, 1.165) is 29.5 Å². The predicted molar refractivity (Wildman–Crippen MR) is 80.4 cm³/mol. The number of ether oxygens (including phenoxy) is 1. The molecule has 2 rings (SSSR count). The maximum atomic E-state index is 13.6. The summed E-state index contributed by atoms with van der Waals surface area (Å²) in [6.45, 7) is 3.86. The van der Waals surface area contributed by atoms with Crippen LogP contribution in [0.2, 0.25) is 0 Å². The molecule has 20 heavy (non-hydrogen) atoms. The zero-order valence-electron chi connectivity index (χ0n) is 11.2. The highest BCUT2D eigenvalue weighted by molar-refractivity contribution is 9.10. The summed E-state index contributed by atoms with van der Waals surface area (Å²) >= 11 is 3.28. The van der Waals surface area contributed by atoms with E-state index in [4.69, 9.17) is 4.74 Å². The van der Waals surface area contributed by atoms with Crippen LogP contribution in [0.5, 0.6) is 11.6 Å². The van der Waals surface area contributed by atoms with Crippen molar-refractivity contribution in [2.75, 3.05) is 6.54 Å². The first-order chi connectivity index (χ1) is 9.69. The summed E-state index contributed by atoms with van der Waals surface area (Å²) in [5, 5.41) is 3.29. The van der Waals surface area contributed by atoms with Gasteiger partial charge in [-0.1, -0.05) is 28.9 Å². The topological polar surface area (TPSA) is 34.1 Å². The second kappa shape index (κ2) is 7.36. The molecule has 1 aromatic heterocycles. The van der Waals surface area contributed by atoms with Crippen LogP contribution >= 0.6 is 15.9 Å². The normalized spacial score (nSPS) is 10.6. The summed E-state index contributed by atoms with van der Waals surface area (Å²) in [5.41, 5.74) is 1.07. The van der Waals surface area contributed by atoms with Gasteiger partial charge in [0.1, 0.15) is 0 Å². The highest BCUT2D eigenvalue weighted by atomic mass is 79.9. The maximum absolute atomic E-state index is 13.6. The average Bonchev–Trinajstić information content (AvgIpc) is 2.45. The molecule has 0 saturated carbocycles. The molecule has 0 saturated heterocycles. The zero-order valence-corrected chi connectivity index (χ0v) is 12.8. The van der Waals surface area contributed by atoms with Gasteiger partial charge >= 0.3 is 0 Å². The van der Waals surface area contributed by atoms with Gasteiger partial charge in [-0.25, -0.2) is 9.37 Å². The first-order valence-electron chi connectivity index (χ1n) is 6.47. The van der Waals surface area contributed by atoms with Gasteiger partial charge in [0.25, 0.3) is 0 Å². The van der Waals surface area contributed by atoms with E-state index in [1.165, 1.54) is 6.07 Å². The van der Waals surface area contributed by atoms with Crippen molar-refractivity contribution in [3.8, 4) is 11.6 Å². The van der Waals surface area contributed by atoms with E-state index < -0.39 is 5.82 Å². The smallest absolute Gasteiger partial charge is 0.219 e. The molecule has 1 N–H and O–H groups in total. The molecule has 0 fully saturated rings. The predicted octanol–water partition coefficient (Wildman–Crippen LogP) is 4.28. The Balaban J connectivity index is 2.01. The minimum absolute atomic E-state index is 0.156. The third-order valence-corrected chi connectivity index (χ3v) is 3.15. The Kier molecular flexibility index (Phi) is 5.49. The zero-order chi connectivity index (χ0) is 14.4. The minimum atomic E-state index is -0.413. The second-order valence-electron chi connectivity index (χ2n) is 4.36. The Labute approximate surface area is 126 Å². The van der Waals surface area contributed by atoms with Gasteiger partial charge in [-0.3, -0.25) is 0 Å². The van der Waals surface area contributed by atoms with Gasteiger partial charge in [-0.15, -0.1) is 0 Å². The first kappa shape index (κ1) is 14.9. The standard InChI is InChI=1S/C15H16BrFN2O/c1-2-7-18-9-11-3-6-15(19-10-11)20-14-8-12(16)4-5-13(14)17/h3-6,8,10,18H,2,7,9H2,1H3. The van der Waals surface area contributed by atoms with E-state index >= 15 is 0 Å². The number of halogens is 2. The van der Waals surface area contributed by atoms with Crippen LogP contribution in [0.15, 0.2) is 41.0 Å². The summed E-state index contributed by atoms with van der Waals surface area (Å²) in [6, 6.07) is 8.21. The van der Waals surface area contributed by atoms with Crippen molar-refractivity contribution in [1.82, 2.24) is 10.3 Å². The van der Waals surface area contributed by atoms with Crippen LogP contribution in [0.4, 0.5) is 4.39 Å². The van der Waals surface area contributed by atoms with E-state index in [-0.39, 0.29) is 5.75 Å². The molecule has 0 aliphatic carbocycles. The van der Waals surface area contributed by atoms with Gasteiger partial charge < -0.3 is 10.1 Å². The van der Waals surface area contributed by atoms with Crippen molar-refractivity contribution in [3.63, 3.8) is 0 Å². The Bertz CT molecular complexity index is 560. The SMILES string of the molecule is CCCNCc1ccc(Oc2cc(Br)ccc2F)nc1. The molecule has 106 valence electrons. The number of hydrogen-bond acceptors (Lipinski definition) is 3. The van der Waals surface area contributed by atoms with Gasteiger partial charge in [0, 0.05) is 23.3 Å². The quantitative estimate of drug-likeness (QED) is 0.798. The fraction of sp³-hybridized carbons (Fsp3) is 0.267. The van der Waals surface area contributed by atoms with Crippen LogP contribution in [0, 0.1) is 5.82 Å². The van der Waals surface area contributed by atoms with E-state index in [1.807, 2.05) is 6.07 Å². The van der Waals surface area contributed by atoms with Crippen molar-refractivity contribution in [2.24, 2.45) is 0 Å². The number of benzene rings is 1. The molecule has 5 heteroatoms. The summed E-state index contributed by atoms with van der Waals surface area (Å²) < 4.78 is 19.7. The Morgan fingerprint density at radius 1 is 1.30 bits per heavy atom.